The molecule has 0 amide bonds. The maximum absolute atomic E-state index is 11.4. The molecule has 0 bridgehead atoms. The van der Waals surface area contributed by atoms with Crippen molar-refractivity contribution >= 4 is 9.84 Å². The maximum atomic E-state index is 11.4. The molecule has 1 aromatic heterocycles. The van der Waals surface area contributed by atoms with Crippen LogP contribution in [0.3, 0.4) is 0 Å². The third-order valence-corrected chi connectivity index (χ3v) is 4.92. The summed E-state index contributed by atoms with van der Waals surface area (Å²) in [7, 11) is -3.20. The van der Waals surface area contributed by atoms with Crippen LogP contribution in [-0.4, -0.2) is 37.9 Å². The number of rotatable bonds is 5. The Morgan fingerprint density at radius 3 is 2.61 bits per heavy atom. The van der Waals surface area contributed by atoms with Crippen LogP contribution in [-0.2, 0) is 16.4 Å². The van der Waals surface area contributed by atoms with Gasteiger partial charge in [0.15, 0.2) is 16.4 Å². The highest BCUT2D eigenvalue weighted by atomic mass is 32.2. The topological polar surface area (TPSA) is 94.3 Å². The number of hydrogen-bond donors (Lipinski definition) is 1. The van der Waals surface area contributed by atoms with Gasteiger partial charge < -0.3 is 14.6 Å². The third kappa shape index (κ3) is 4.08. The van der Waals surface area contributed by atoms with E-state index in [1.54, 1.807) is 12.1 Å². The molecule has 23 heavy (non-hydrogen) atoms. The quantitative estimate of drug-likeness (QED) is 0.884. The van der Waals surface area contributed by atoms with E-state index >= 15 is 0 Å². The number of nitrogens with zero attached hydrogens (tertiary/aromatic N) is 2. The van der Waals surface area contributed by atoms with Crippen LogP contribution in [0.1, 0.15) is 30.5 Å². The van der Waals surface area contributed by atoms with Crippen LogP contribution in [0, 0.1) is 0 Å². The van der Waals surface area contributed by atoms with Gasteiger partial charge in [-0.25, -0.2) is 8.42 Å². The van der Waals surface area contributed by atoms with Crippen molar-refractivity contribution < 1.29 is 17.7 Å². The van der Waals surface area contributed by atoms with Crippen molar-refractivity contribution in [1.29, 1.82) is 0 Å². The first kappa shape index (κ1) is 15.9. The summed E-state index contributed by atoms with van der Waals surface area (Å²) in [4.78, 5) is 4.64. The fraction of sp³-hybridized carbons (Fsp3) is 0.467. The van der Waals surface area contributed by atoms with Gasteiger partial charge >= 0.3 is 0 Å². The molecule has 1 aliphatic heterocycles. The minimum atomic E-state index is -3.20. The van der Waals surface area contributed by atoms with Crippen molar-refractivity contribution in [1.82, 2.24) is 15.5 Å². The monoisotopic (exact) mass is 337 g/mol. The maximum Gasteiger partial charge on any atom is 0.229 e. The predicted molar refractivity (Wildman–Crippen MR) is 83.0 cm³/mol. The van der Waals surface area contributed by atoms with Crippen molar-refractivity contribution in [2.45, 2.75) is 30.3 Å². The Balaban J connectivity index is 1.59. The number of sulfone groups is 1. The molecule has 0 atom stereocenters. The van der Waals surface area contributed by atoms with Crippen molar-refractivity contribution in [3.8, 4) is 5.75 Å². The van der Waals surface area contributed by atoms with Gasteiger partial charge in [-0.05, 0) is 50.2 Å². The zero-order valence-corrected chi connectivity index (χ0v) is 13.7. The lowest BCUT2D eigenvalue weighted by atomic mass is 9.98. The molecule has 2 aromatic rings. The predicted octanol–water partition coefficient (Wildman–Crippen LogP) is 1.52. The van der Waals surface area contributed by atoms with E-state index in [1.807, 2.05) is 0 Å². The van der Waals surface area contributed by atoms with Crippen LogP contribution in [0.25, 0.3) is 0 Å². The van der Waals surface area contributed by atoms with Gasteiger partial charge in [0.1, 0.15) is 5.75 Å². The highest BCUT2D eigenvalue weighted by molar-refractivity contribution is 7.90. The van der Waals surface area contributed by atoms with E-state index in [-0.39, 0.29) is 11.5 Å². The molecule has 0 unspecified atom stereocenters. The van der Waals surface area contributed by atoms with E-state index < -0.39 is 9.84 Å². The standard InChI is InChI=1S/C15H19N3O4S/c1-23(19,20)13-4-2-12(3-5-13)21-10-14-17-15(22-18-14)11-6-8-16-9-7-11/h2-5,11,16H,6-10H2,1H3. The van der Waals surface area contributed by atoms with Gasteiger partial charge in [0, 0.05) is 12.2 Å². The number of piperidine rings is 1. The minimum absolute atomic E-state index is 0.187. The average Bonchev–Trinajstić information content (AvgIpc) is 3.02. The Labute approximate surface area is 135 Å². The Kier molecular flexibility index (Phi) is 4.63. The lowest BCUT2D eigenvalue weighted by Gasteiger charge is -2.18. The van der Waals surface area contributed by atoms with Gasteiger partial charge in [0.25, 0.3) is 0 Å². The zero-order valence-electron chi connectivity index (χ0n) is 12.9. The van der Waals surface area contributed by atoms with Gasteiger partial charge in [-0.3, -0.25) is 0 Å². The Morgan fingerprint density at radius 2 is 1.96 bits per heavy atom. The molecule has 7 nitrogen and oxygen atoms in total. The van der Waals surface area contributed by atoms with E-state index in [4.69, 9.17) is 9.26 Å². The van der Waals surface area contributed by atoms with Crippen molar-refractivity contribution in [3.63, 3.8) is 0 Å². The first-order valence-corrected chi connectivity index (χ1v) is 9.37. The summed E-state index contributed by atoms with van der Waals surface area (Å²) < 4.78 is 33.7. The van der Waals surface area contributed by atoms with E-state index in [0.29, 0.717) is 23.4 Å². The van der Waals surface area contributed by atoms with Gasteiger partial charge in [-0.15, -0.1) is 0 Å². The highest BCUT2D eigenvalue weighted by Gasteiger charge is 2.21. The molecule has 0 aliphatic carbocycles. The highest BCUT2D eigenvalue weighted by Crippen LogP contribution is 2.23. The zero-order chi connectivity index (χ0) is 16.3. The summed E-state index contributed by atoms with van der Waals surface area (Å²) in [5.41, 5.74) is 0. The van der Waals surface area contributed by atoms with Gasteiger partial charge in [0.05, 0.1) is 4.90 Å². The van der Waals surface area contributed by atoms with Gasteiger partial charge in [-0.2, -0.15) is 4.98 Å². The smallest absolute Gasteiger partial charge is 0.229 e. The molecular formula is C15H19N3O4S. The lowest BCUT2D eigenvalue weighted by molar-refractivity contribution is 0.281. The summed E-state index contributed by atoms with van der Waals surface area (Å²) in [6.45, 7) is 2.11. The molecule has 1 aromatic carbocycles. The van der Waals surface area contributed by atoms with Crippen LogP contribution in [0.15, 0.2) is 33.7 Å². The molecule has 8 heteroatoms. The second-order valence-corrected chi connectivity index (χ2v) is 7.62. The molecule has 1 N–H and O–H groups in total. The van der Waals surface area contributed by atoms with E-state index in [9.17, 15) is 8.42 Å². The molecule has 124 valence electrons. The number of nitrogens with one attached hydrogen (secondary N) is 1. The van der Waals surface area contributed by atoms with Crippen LogP contribution >= 0.6 is 0 Å². The van der Waals surface area contributed by atoms with Crippen molar-refractivity contribution in [3.05, 3.63) is 36.0 Å². The number of benzene rings is 1. The SMILES string of the molecule is CS(=O)(=O)c1ccc(OCc2noc(C3CCNCC3)n2)cc1. The van der Waals surface area contributed by atoms with Crippen LogP contribution in [0.4, 0.5) is 0 Å². The third-order valence-electron chi connectivity index (χ3n) is 3.79. The first-order chi connectivity index (χ1) is 11.0. The summed E-state index contributed by atoms with van der Waals surface area (Å²) in [5.74, 6) is 2.03. The molecule has 1 aliphatic rings. The molecule has 3 rings (SSSR count). The van der Waals surface area contributed by atoms with E-state index in [2.05, 4.69) is 15.5 Å². The van der Waals surface area contributed by atoms with Crippen LogP contribution < -0.4 is 10.1 Å². The largest absolute Gasteiger partial charge is 0.485 e. The van der Waals surface area contributed by atoms with Gasteiger partial charge in [-0.1, -0.05) is 5.16 Å². The van der Waals surface area contributed by atoms with Crippen molar-refractivity contribution in [2.24, 2.45) is 0 Å². The first-order valence-electron chi connectivity index (χ1n) is 7.48. The molecule has 2 heterocycles. The number of hydrogen-bond acceptors (Lipinski definition) is 7. The minimum Gasteiger partial charge on any atom is -0.485 e. The summed E-state index contributed by atoms with van der Waals surface area (Å²) in [6.07, 6.45) is 3.16. The normalized spacial score (nSPS) is 16.4. The lowest BCUT2D eigenvalue weighted by Crippen LogP contribution is -2.26. The molecule has 1 fully saturated rings. The molecule has 0 saturated carbocycles. The Morgan fingerprint density at radius 1 is 1.26 bits per heavy atom. The second kappa shape index (κ2) is 6.67. The van der Waals surface area contributed by atoms with Crippen LogP contribution in [0.2, 0.25) is 0 Å². The van der Waals surface area contributed by atoms with Gasteiger partial charge in [0.2, 0.25) is 11.7 Å². The Hall–Kier alpha value is -1.93. The van der Waals surface area contributed by atoms with E-state index in [0.717, 1.165) is 25.9 Å². The molecule has 1 saturated heterocycles. The van der Waals surface area contributed by atoms with Crippen molar-refractivity contribution in [2.75, 3.05) is 19.3 Å². The summed E-state index contributed by atoms with van der Waals surface area (Å²) in [6, 6.07) is 6.26. The second-order valence-electron chi connectivity index (χ2n) is 5.61. The molecule has 0 spiro atoms. The van der Waals surface area contributed by atoms with Crippen LogP contribution in [0.5, 0.6) is 5.75 Å². The fourth-order valence-electron chi connectivity index (χ4n) is 2.49. The number of ether oxygens (including phenoxy) is 1. The van der Waals surface area contributed by atoms with E-state index in [1.165, 1.54) is 18.4 Å². The molecular weight excluding hydrogens is 318 g/mol. The average molecular weight is 337 g/mol. The molecule has 0 radical (unpaired) electrons. The Bertz CT molecular complexity index is 749. The fourth-order valence-corrected chi connectivity index (χ4v) is 3.12. The number of aromatic nitrogens is 2. The summed E-state index contributed by atoms with van der Waals surface area (Å²) in [5, 5.41) is 7.23. The summed E-state index contributed by atoms with van der Waals surface area (Å²) >= 11 is 0.